The van der Waals surface area contributed by atoms with Gasteiger partial charge in [0, 0.05) is 45.5 Å². The largest absolute Gasteiger partial charge is 0.497 e. The minimum atomic E-state index is 0.127. The lowest BCUT2D eigenvalue weighted by molar-refractivity contribution is 0.161. The lowest BCUT2D eigenvalue weighted by Gasteiger charge is -2.37. The van der Waals surface area contributed by atoms with Crippen LogP contribution in [-0.2, 0) is 0 Å². The van der Waals surface area contributed by atoms with E-state index in [1.165, 1.54) is 5.69 Å². The summed E-state index contributed by atoms with van der Waals surface area (Å²) in [5, 5.41) is 0. The van der Waals surface area contributed by atoms with Crippen LogP contribution in [0, 0.1) is 0 Å². The zero-order valence-corrected chi connectivity index (χ0v) is 12.5. The first-order chi connectivity index (χ1) is 9.65. The number of methoxy groups -OCH3 is 1. The van der Waals surface area contributed by atoms with E-state index in [9.17, 15) is 4.79 Å². The molecule has 0 radical (unpaired) electrons. The summed E-state index contributed by atoms with van der Waals surface area (Å²) in [6, 6.07) is 8.19. The van der Waals surface area contributed by atoms with Crippen molar-refractivity contribution >= 4 is 11.7 Å². The lowest BCUT2D eigenvalue weighted by Crippen LogP contribution is -2.52. The molecule has 1 heterocycles. The van der Waals surface area contributed by atoms with Crippen LogP contribution in [0.2, 0.25) is 0 Å². The molecule has 110 valence electrons. The average molecular weight is 277 g/mol. The molecule has 2 amide bonds. The Hall–Kier alpha value is -1.91. The van der Waals surface area contributed by atoms with Gasteiger partial charge in [0.25, 0.3) is 0 Å². The van der Waals surface area contributed by atoms with Crippen molar-refractivity contribution in [1.82, 2.24) is 9.80 Å². The minimum Gasteiger partial charge on any atom is -0.497 e. The number of carbonyl (C=O) groups is 1. The molecule has 0 atom stereocenters. The summed E-state index contributed by atoms with van der Waals surface area (Å²) < 4.78 is 5.17. The zero-order valence-electron chi connectivity index (χ0n) is 12.5. The molecule has 1 aromatic rings. The third-order valence-corrected chi connectivity index (χ3v) is 3.79. The van der Waals surface area contributed by atoms with Gasteiger partial charge in [0.05, 0.1) is 7.11 Å². The first-order valence-electron chi connectivity index (χ1n) is 7.04. The maximum atomic E-state index is 12.1. The molecule has 1 aromatic carbocycles. The van der Waals surface area contributed by atoms with Gasteiger partial charge in [0.2, 0.25) is 0 Å². The van der Waals surface area contributed by atoms with Gasteiger partial charge in [-0.15, -0.1) is 0 Å². The van der Waals surface area contributed by atoms with Crippen molar-refractivity contribution in [1.29, 1.82) is 0 Å². The first-order valence-corrected chi connectivity index (χ1v) is 7.04. The third-order valence-electron chi connectivity index (χ3n) is 3.79. The smallest absolute Gasteiger partial charge is 0.319 e. The standard InChI is InChI=1S/C15H23N3O2/c1-4-16(2)15(19)18-11-9-17(10-12-18)13-5-7-14(20-3)8-6-13/h5-8H,4,9-12H2,1-3H3. The maximum absolute atomic E-state index is 12.1. The van der Waals surface area contributed by atoms with Gasteiger partial charge < -0.3 is 19.4 Å². The fourth-order valence-electron chi connectivity index (χ4n) is 2.33. The second-order valence-corrected chi connectivity index (χ2v) is 4.97. The van der Waals surface area contributed by atoms with Gasteiger partial charge in [-0.3, -0.25) is 0 Å². The fourth-order valence-corrected chi connectivity index (χ4v) is 2.33. The summed E-state index contributed by atoms with van der Waals surface area (Å²) in [6.45, 7) is 6.03. The van der Waals surface area contributed by atoms with Crippen molar-refractivity contribution in [2.24, 2.45) is 0 Å². The lowest BCUT2D eigenvalue weighted by atomic mass is 10.2. The fraction of sp³-hybridized carbons (Fsp3) is 0.533. The number of urea groups is 1. The van der Waals surface area contributed by atoms with Crippen LogP contribution in [-0.4, -0.2) is 62.7 Å². The Labute approximate surface area is 120 Å². The van der Waals surface area contributed by atoms with E-state index in [1.807, 2.05) is 31.0 Å². The molecular weight excluding hydrogens is 254 g/mol. The first kappa shape index (κ1) is 14.5. The van der Waals surface area contributed by atoms with Crippen molar-refractivity contribution in [3.05, 3.63) is 24.3 Å². The molecule has 1 saturated heterocycles. The Kier molecular flexibility index (Phi) is 4.71. The molecule has 20 heavy (non-hydrogen) atoms. The quantitative estimate of drug-likeness (QED) is 0.846. The number of hydrogen-bond acceptors (Lipinski definition) is 3. The summed E-state index contributed by atoms with van der Waals surface area (Å²) in [5.74, 6) is 0.868. The Morgan fingerprint density at radius 1 is 1.20 bits per heavy atom. The summed E-state index contributed by atoms with van der Waals surface area (Å²) in [5.41, 5.74) is 1.18. The Balaban J connectivity index is 1.92. The minimum absolute atomic E-state index is 0.127. The monoisotopic (exact) mass is 277 g/mol. The van der Waals surface area contributed by atoms with E-state index in [0.717, 1.165) is 38.5 Å². The second-order valence-electron chi connectivity index (χ2n) is 4.97. The number of nitrogens with zero attached hydrogens (tertiary/aromatic N) is 3. The van der Waals surface area contributed by atoms with Crippen LogP contribution in [0.4, 0.5) is 10.5 Å². The Morgan fingerprint density at radius 3 is 2.30 bits per heavy atom. The van der Waals surface area contributed by atoms with Gasteiger partial charge in [-0.2, -0.15) is 0 Å². The maximum Gasteiger partial charge on any atom is 0.319 e. The van der Waals surface area contributed by atoms with Crippen LogP contribution in [0.3, 0.4) is 0 Å². The van der Waals surface area contributed by atoms with E-state index in [-0.39, 0.29) is 6.03 Å². The van der Waals surface area contributed by atoms with Gasteiger partial charge in [-0.05, 0) is 31.2 Å². The van der Waals surface area contributed by atoms with E-state index in [1.54, 1.807) is 12.0 Å². The van der Waals surface area contributed by atoms with Crippen LogP contribution in [0.15, 0.2) is 24.3 Å². The van der Waals surface area contributed by atoms with Crippen LogP contribution in [0.25, 0.3) is 0 Å². The highest BCUT2D eigenvalue weighted by atomic mass is 16.5. The highest BCUT2D eigenvalue weighted by Gasteiger charge is 2.22. The van der Waals surface area contributed by atoms with Crippen LogP contribution in [0.1, 0.15) is 6.92 Å². The topological polar surface area (TPSA) is 36.0 Å². The van der Waals surface area contributed by atoms with Crippen molar-refractivity contribution < 1.29 is 9.53 Å². The molecule has 2 rings (SSSR count). The summed E-state index contributed by atoms with van der Waals surface area (Å²) >= 11 is 0. The van der Waals surface area contributed by atoms with Crippen molar-refractivity contribution in [3.8, 4) is 5.75 Å². The number of piperazine rings is 1. The number of amides is 2. The van der Waals surface area contributed by atoms with Crippen LogP contribution in [0.5, 0.6) is 5.75 Å². The number of ether oxygens (including phenoxy) is 1. The molecule has 0 N–H and O–H groups in total. The molecule has 5 nitrogen and oxygen atoms in total. The predicted octanol–water partition coefficient (Wildman–Crippen LogP) is 1.89. The number of benzene rings is 1. The van der Waals surface area contributed by atoms with Gasteiger partial charge in [0.1, 0.15) is 5.75 Å². The number of carbonyl (C=O) groups excluding carboxylic acids is 1. The van der Waals surface area contributed by atoms with E-state index in [4.69, 9.17) is 4.74 Å². The van der Waals surface area contributed by atoms with E-state index < -0.39 is 0 Å². The van der Waals surface area contributed by atoms with Gasteiger partial charge >= 0.3 is 6.03 Å². The highest BCUT2D eigenvalue weighted by Crippen LogP contribution is 2.20. The summed E-state index contributed by atoms with van der Waals surface area (Å²) in [4.78, 5) is 18.0. The normalized spacial score (nSPS) is 15.2. The van der Waals surface area contributed by atoms with Crippen molar-refractivity contribution in [2.75, 3.05) is 51.8 Å². The SMILES string of the molecule is CCN(C)C(=O)N1CCN(c2ccc(OC)cc2)CC1. The highest BCUT2D eigenvalue weighted by molar-refractivity contribution is 5.74. The number of rotatable bonds is 3. The summed E-state index contributed by atoms with van der Waals surface area (Å²) in [6.07, 6.45) is 0. The predicted molar refractivity (Wildman–Crippen MR) is 80.5 cm³/mol. The van der Waals surface area contributed by atoms with Gasteiger partial charge in [0.15, 0.2) is 0 Å². The molecule has 0 spiro atoms. The molecule has 1 aliphatic heterocycles. The third kappa shape index (κ3) is 3.15. The molecule has 0 saturated carbocycles. The molecular formula is C15H23N3O2. The molecule has 5 heteroatoms. The van der Waals surface area contributed by atoms with E-state index in [0.29, 0.717) is 0 Å². The molecule has 1 aliphatic rings. The summed E-state index contributed by atoms with van der Waals surface area (Å²) in [7, 11) is 3.52. The van der Waals surface area contributed by atoms with E-state index >= 15 is 0 Å². The number of anilines is 1. The molecule has 0 aliphatic carbocycles. The zero-order chi connectivity index (χ0) is 14.5. The molecule has 1 fully saturated rings. The van der Waals surface area contributed by atoms with Crippen molar-refractivity contribution in [3.63, 3.8) is 0 Å². The van der Waals surface area contributed by atoms with E-state index in [2.05, 4.69) is 17.0 Å². The second kappa shape index (κ2) is 6.50. The molecule has 0 unspecified atom stereocenters. The molecule has 0 bridgehead atoms. The Morgan fingerprint density at radius 2 is 1.80 bits per heavy atom. The van der Waals surface area contributed by atoms with Gasteiger partial charge in [-0.1, -0.05) is 0 Å². The average Bonchev–Trinajstić information content (AvgIpc) is 2.53. The molecule has 0 aromatic heterocycles. The van der Waals surface area contributed by atoms with Crippen molar-refractivity contribution in [2.45, 2.75) is 6.92 Å². The number of hydrogen-bond donors (Lipinski definition) is 0. The van der Waals surface area contributed by atoms with Gasteiger partial charge in [-0.25, -0.2) is 4.79 Å². The van der Waals surface area contributed by atoms with Crippen LogP contribution < -0.4 is 9.64 Å². The Bertz CT molecular complexity index is 439. The van der Waals surface area contributed by atoms with Crippen LogP contribution >= 0.6 is 0 Å².